The van der Waals surface area contributed by atoms with Gasteiger partial charge in [-0.3, -0.25) is 9.59 Å². The standard InChI is InChI=1S/C20H15N3O3/c24-19(14-22-20(25)18-8-4-12-26-18)23-17-7-3-5-15(13-17)9-10-16-6-1-2-11-21-16/h1-8,11-13H,14H2,(H,22,25)(H,23,24). The Morgan fingerprint density at radius 3 is 2.73 bits per heavy atom. The largest absolute Gasteiger partial charge is 0.459 e. The van der Waals surface area contributed by atoms with E-state index in [1.165, 1.54) is 12.3 Å². The topological polar surface area (TPSA) is 84.2 Å². The van der Waals surface area contributed by atoms with E-state index in [0.29, 0.717) is 11.4 Å². The van der Waals surface area contributed by atoms with Gasteiger partial charge in [-0.15, -0.1) is 0 Å². The number of carbonyl (C=O) groups excluding carboxylic acids is 2. The molecule has 0 unspecified atom stereocenters. The third kappa shape index (κ3) is 4.82. The number of aromatic nitrogens is 1. The lowest BCUT2D eigenvalue weighted by Crippen LogP contribution is -2.32. The molecule has 26 heavy (non-hydrogen) atoms. The molecule has 0 atom stereocenters. The Bertz CT molecular complexity index is 955. The number of hydrogen-bond acceptors (Lipinski definition) is 4. The van der Waals surface area contributed by atoms with Crippen LogP contribution in [0.3, 0.4) is 0 Å². The minimum absolute atomic E-state index is 0.157. The predicted octanol–water partition coefficient (Wildman–Crippen LogP) is 2.44. The van der Waals surface area contributed by atoms with E-state index >= 15 is 0 Å². The lowest BCUT2D eigenvalue weighted by molar-refractivity contribution is -0.115. The van der Waals surface area contributed by atoms with Gasteiger partial charge >= 0.3 is 0 Å². The minimum atomic E-state index is -0.444. The Hall–Kier alpha value is -3.85. The van der Waals surface area contributed by atoms with Crippen LogP contribution in [0.2, 0.25) is 0 Å². The first-order valence-corrected chi connectivity index (χ1v) is 7.85. The lowest BCUT2D eigenvalue weighted by Gasteiger charge is -2.06. The van der Waals surface area contributed by atoms with Gasteiger partial charge in [-0.1, -0.05) is 18.1 Å². The van der Waals surface area contributed by atoms with Crippen LogP contribution in [-0.4, -0.2) is 23.3 Å². The zero-order chi connectivity index (χ0) is 18.2. The van der Waals surface area contributed by atoms with Crippen LogP contribution in [-0.2, 0) is 4.79 Å². The first-order chi connectivity index (χ1) is 12.7. The highest BCUT2D eigenvalue weighted by molar-refractivity contribution is 5.98. The van der Waals surface area contributed by atoms with Crippen molar-refractivity contribution in [3.8, 4) is 11.8 Å². The molecule has 0 aliphatic heterocycles. The summed E-state index contributed by atoms with van der Waals surface area (Å²) in [6, 6.07) is 15.8. The average molecular weight is 345 g/mol. The van der Waals surface area contributed by atoms with Crippen LogP contribution in [0.5, 0.6) is 0 Å². The van der Waals surface area contributed by atoms with Gasteiger partial charge in [0.1, 0.15) is 5.69 Å². The van der Waals surface area contributed by atoms with Crippen molar-refractivity contribution in [1.29, 1.82) is 0 Å². The van der Waals surface area contributed by atoms with Gasteiger partial charge in [-0.05, 0) is 48.4 Å². The van der Waals surface area contributed by atoms with Crippen LogP contribution in [0, 0.1) is 11.8 Å². The van der Waals surface area contributed by atoms with E-state index in [1.807, 2.05) is 24.3 Å². The summed E-state index contributed by atoms with van der Waals surface area (Å²) in [5.41, 5.74) is 2.01. The van der Waals surface area contributed by atoms with Crippen LogP contribution < -0.4 is 10.6 Å². The van der Waals surface area contributed by atoms with Crippen molar-refractivity contribution in [3.05, 3.63) is 84.1 Å². The first-order valence-electron chi connectivity index (χ1n) is 7.85. The minimum Gasteiger partial charge on any atom is -0.459 e. The van der Waals surface area contributed by atoms with Gasteiger partial charge in [0.2, 0.25) is 5.91 Å². The first kappa shape index (κ1) is 17.0. The quantitative estimate of drug-likeness (QED) is 0.712. The third-order valence-electron chi connectivity index (χ3n) is 3.30. The Labute approximate surface area is 150 Å². The summed E-state index contributed by atoms with van der Waals surface area (Å²) < 4.78 is 4.96. The molecule has 0 bridgehead atoms. The highest BCUT2D eigenvalue weighted by Gasteiger charge is 2.10. The van der Waals surface area contributed by atoms with E-state index in [4.69, 9.17) is 4.42 Å². The Morgan fingerprint density at radius 1 is 1.04 bits per heavy atom. The third-order valence-corrected chi connectivity index (χ3v) is 3.30. The van der Waals surface area contributed by atoms with E-state index in [2.05, 4.69) is 27.5 Å². The van der Waals surface area contributed by atoms with Gasteiger partial charge in [0.15, 0.2) is 5.76 Å². The second-order valence-corrected chi connectivity index (χ2v) is 5.25. The molecule has 0 saturated heterocycles. The maximum atomic E-state index is 12.0. The van der Waals surface area contributed by atoms with Crippen molar-refractivity contribution >= 4 is 17.5 Å². The molecule has 2 N–H and O–H groups in total. The van der Waals surface area contributed by atoms with E-state index in [0.717, 1.165) is 5.56 Å². The van der Waals surface area contributed by atoms with E-state index < -0.39 is 5.91 Å². The van der Waals surface area contributed by atoms with Crippen molar-refractivity contribution < 1.29 is 14.0 Å². The maximum absolute atomic E-state index is 12.0. The van der Waals surface area contributed by atoms with Crippen molar-refractivity contribution in [2.24, 2.45) is 0 Å². The summed E-state index contributed by atoms with van der Waals surface area (Å²) in [5, 5.41) is 5.20. The van der Waals surface area contributed by atoms with Gasteiger partial charge in [0.05, 0.1) is 12.8 Å². The Balaban J connectivity index is 1.57. The van der Waals surface area contributed by atoms with Crippen LogP contribution in [0.25, 0.3) is 0 Å². The summed E-state index contributed by atoms with van der Waals surface area (Å²) in [7, 11) is 0. The molecule has 128 valence electrons. The molecule has 3 aromatic rings. The van der Waals surface area contributed by atoms with E-state index in [-0.39, 0.29) is 18.2 Å². The number of carbonyl (C=O) groups is 2. The molecular formula is C20H15N3O3. The number of anilines is 1. The highest BCUT2D eigenvalue weighted by atomic mass is 16.3. The number of nitrogens with one attached hydrogen (secondary N) is 2. The lowest BCUT2D eigenvalue weighted by atomic mass is 10.2. The zero-order valence-electron chi connectivity index (χ0n) is 13.7. The number of pyridine rings is 1. The van der Waals surface area contributed by atoms with Crippen molar-refractivity contribution in [2.75, 3.05) is 11.9 Å². The number of hydrogen-bond donors (Lipinski definition) is 2. The monoisotopic (exact) mass is 345 g/mol. The summed E-state index contributed by atoms with van der Waals surface area (Å²) in [5.74, 6) is 5.32. The van der Waals surface area contributed by atoms with Gasteiger partial charge in [-0.25, -0.2) is 4.98 Å². The Morgan fingerprint density at radius 2 is 1.96 bits per heavy atom. The number of nitrogens with zero attached hydrogens (tertiary/aromatic N) is 1. The summed E-state index contributed by atoms with van der Waals surface area (Å²) >= 11 is 0. The number of amides is 2. The maximum Gasteiger partial charge on any atom is 0.287 e. The number of rotatable bonds is 4. The molecule has 6 heteroatoms. The highest BCUT2D eigenvalue weighted by Crippen LogP contribution is 2.10. The molecule has 1 aromatic carbocycles. The molecule has 0 spiro atoms. The second-order valence-electron chi connectivity index (χ2n) is 5.25. The summed E-state index contributed by atoms with van der Waals surface area (Å²) in [6.07, 6.45) is 3.07. The normalized spacial score (nSPS) is 9.69. The molecule has 0 saturated carbocycles. The molecule has 3 rings (SSSR count). The van der Waals surface area contributed by atoms with Crippen LogP contribution >= 0.6 is 0 Å². The van der Waals surface area contributed by atoms with Crippen molar-refractivity contribution in [2.45, 2.75) is 0 Å². The molecule has 0 radical (unpaired) electrons. The van der Waals surface area contributed by atoms with E-state index in [9.17, 15) is 9.59 Å². The second kappa shape index (κ2) is 8.31. The van der Waals surface area contributed by atoms with Gasteiger partial charge in [0, 0.05) is 17.4 Å². The fourth-order valence-electron chi connectivity index (χ4n) is 2.11. The fraction of sp³-hybridized carbons (Fsp3) is 0.0500. The average Bonchev–Trinajstić information content (AvgIpc) is 3.20. The van der Waals surface area contributed by atoms with Crippen molar-refractivity contribution in [1.82, 2.24) is 10.3 Å². The fourth-order valence-corrected chi connectivity index (χ4v) is 2.11. The molecule has 0 fully saturated rings. The zero-order valence-corrected chi connectivity index (χ0v) is 13.7. The molecule has 2 amide bonds. The van der Waals surface area contributed by atoms with E-state index in [1.54, 1.807) is 30.5 Å². The van der Waals surface area contributed by atoms with Crippen LogP contribution in [0.1, 0.15) is 21.8 Å². The Kier molecular flexibility index (Phi) is 5.43. The smallest absolute Gasteiger partial charge is 0.287 e. The molecule has 0 aliphatic rings. The van der Waals surface area contributed by atoms with Crippen LogP contribution in [0.15, 0.2) is 71.5 Å². The molecule has 6 nitrogen and oxygen atoms in total. The molecular weight excluding hydrogens is 330 g/mol. The number of furan rings is 1. The van der Waals surface area contributed by atoms with Crippen molar-refractivity contribution in [3.63, 3.8) is 0 Å². The molecule has 0 aliphatic carbocycles. The predicted molar refractivity (Wildman–Crippen MR) is 96.3 cm³/mol. The van der Waals surface area contributed by atoms with Gasteiger partial charge in [-0.2, -0.15) is 0 Å². The SMILES string of the molecule is O=C(CNC(=O)c1ccco1)Nc1cccc(C#Cc2ccccn2)c1. The summed E-state index contributed by atoms with van der Waals surface area (Å²) in [4.78, 5) is 27.8. The number of benzene rings is 1. The van der Waals surface area contributed by atoms with Crippen LogP contribution in [0.4, 0.5) is 5.69 Å². The van der Waals surface area contributed by atoms with Gasteiger partial charge in [0.25, 0.3) is 5.91 Å². The summed E-state index contributed by atoms with van der Waals surface area (Å²) in [6.45, 7) is -0.163. The molecule has 2 aromatic heterocycles. The molecule has 2 heterocycles. The van der Waals surface area contributed by atoms with Gasteiger partial charge < -0.3 is 15.1 Å².